The molecule has 0 saturated heterocycles. The number of aromatic nitrogens is 1. The van der Waals surface area contributed by atoms with Crippen molar-refractivity contribution in [3.05, 3.63) is 77.0 Å². The van der Waals surface area contributed by atoms with E-state index in [0.717, 1.165) is 38.7 Å². The fraction of sp³-hybridized carbons (Fsp3) is 0.267. The minimum atomic E-state index is -2.44. The highest BCUT2D eigenvalue weighted by Gasteiger charge is 2.27. The van der Waals surface area contributed by atoms with Gasteiger partial charge in [-0.15, -0.1) is 0 Å². The molecule has 0 bridgehead atoms. The lowest BCUT2D eigenvalue weighted by Gasteiger charge is -2.25. The summed E-state index contributed by atoms with van der Waals surface area (Å²) in [5.41, 5.74) is 10.3. The van der Waals surface area contributed by atoms with Gasteiger partial charge >= 0.3 is 6.36 Å². The lowest BCUT2D eigenvalue weighted by atomic mass is 9.84. The number of H-pyrrole nitrogens is 1. The summed E-state index contributed by atoms with van der Waals surface area (Å²) in [4.78, 5) is 28.2. The smallest absolute Gasteiger partial charge is 0.316 e. The van der Waals surface area contributed by atoms with Crippen LogP contribution in [0.15, 0.2) is 54.7 Å². The number of nitrogens with one attached hydrogen (secondary N) is 2. The SMILES string of the molecule is COc1cc2c(cc1OC)-c1cc(C(=O)NC(CO)Cc3c[nH]c4ccccc34)c(O[C@H](F)C(N)=O)cc1CC2. The monoisotopic (exact) mass is 547 g/mol. The first-order valence-electron chi connectivity index (χ1n) is 12.8. The Kier molecular flexibility index (Phi) is 7.61. The van der Waals surface area contributed by atoms with Crippen LogP contribution in [-0.2, 0) is 24.1 Å². The number of amides is 2. The highest BCUT2D eigenvalue weighted by molar-refractivity contribution is 5.99. The number of aryl methyl sites for hydroxylation is 2. The number of rotatable bonds is 10. The molecule has 0 spiro atoms. The Bertz CT molecular complexity index is 1580. The van der Waals surface area contributed by atoms with E-state index in [0.29, 0.717) is 30.8 Å². The average molecular weight is 548 g/mol. The number of hydrogen-bond donors (Lipinski definition) is 4. The predicted molar refractivity (Wildman–Crippen MR) is 147 cm³/mol. The van der Waals surface area contributed by atoms with E-state index in [1.807, 2.05) is 42.6 Å². The van der Waals surface area contributed by atoms with Crippen molar-refractivity contribution in [2.24, 2.45) is 5.73 Å². The van der Waals surface area contributed by atoms with Crippen LogP contribution in [-0.4, -0.2) is 55.1 Å². The largest absolute Gasteiger partial charge is 0.493 e. The first-order chi connectivity index (χ1) is 19.3. The summed E-state index contributed by atoms with van der Waals surface area (Å²) in [6, 6.07) is 14.0. The molecule has 1 aromatic heterocycles. The van der Waals surface area contributed by atoms with Gasteiger partial charge < -0.3 is 35.4 Å². The van der Waals surface area contributed by atoms with Crippen molar-refractivity contribution in [3.63, 3.8) is 0 Å². The Morgan fingerprint density at radius 3 is 2.35 bits per heavy atom. The summed E-state index contributed by atoms with van der Waals surface area (Å²) < 4.78 is 30.5. The minimum Gasteiger partial charge on any atom is -0.493 e. The van der Waals surface area contributed by atoms with Gasteiger partial charge in [0, 0.05) is 17.1 Å². The molecule has 2 atom stereocenters. The van der Waals surface area contributed by atoms with E-state index in [9.17, 15) is 19.1 Å². The molecule has 0 saturated carbocycles. The van der Waals surface area contributed by atoms with Gasteiger partial charge in [0.05, 0.1) is 32.4 Å². The number of fused-ring (bicyclic) bond motifs is 4. The second kappa shape index (κ2) is 11.3. The summed E-state index contributed by atoms with van der Waals surface area (Å²) in [5, 5.41) is 13.9. The summed E-state index contributed by atoms with van der Waals surface area (Å²) in [6.45, 7) is -0.334. The molecule has 0 aliphatic heterocycles. The van der Waals surface area contributed by atoms with Crippen LogP contribution >= 0.6 is 0 Å². The molecule has 208 valence electrons. The van der Waals surface area contributed by atoms with Gasteiger partial charge in [-0.3, -0.25) is 9.59 Å². The van der Waals surface area contributed by atoms with Crippen LogP contribution in [0.1, 0.15) is 27.0 Å². The van der Waals surface area contributed by atoms with E-state index in [1.54, 1.807) is 19.2 Å². The Labute approximate surface area is 230 Å². The van der Waals surface area contributed by atoms with Gasteiger partial charge in [-0.1, -0.05) is 18.2 Å². The quantitative estimate of drug-likeness (QED) is 0.240. The topological polar surface area (TPSA) is 136 Å². The average Bonchev–Trinajstić information content (AvgIpc) is 3.37. The molecule has 1 unspecified atom stereocenters. The number of benzene rings is 3. The number of methoxy groups -OCH3 is 2. The third-order valence-electron chi connectivity index (χ3n) is 7.16. The van der Waals surface area contributed by atoms with Crippen LogP contribution in [0.5, 0.6) is 17.2 Å². The lowest BCUT2D eigenvalue weighted by molar-refractivity contribution is -0.131. The summed E-state index contributed by atoms with van der Waals surface area (Å²) in [7, 11) is 3.10. The van der Waals surface area contributed by atoms with Crippen molar-refractivity contribution in [1.82, 2.24) is 10.3 Å². The predicted octanol–water partition coefficient (Wildman–Crippen LogP) is 3.44. The maximum Gasteiger partial charge on any atom is 0.316 e. The fourth-order valence-electron chi connectivity index (χ4n) is 5.16. The van der Waals surface area contributed by atoms with Crippen molar-refractivity contribution < 1.29 is 33.3 Å². The third-order valence-corrected chi connectivity index (χ3v) is 7.16. The van der Waals surface area contributed by atoms with Crippen LogP contribution in [0.3, 0.4) is 0 Å². The third kappa shape index (κ3) is 5.17. The Hall–Kier alpha value is -4.57. The van der Waals surface area contributed by atoms with Crippen molar-refractivity contribution >= 4 is 22.7 Å². The number of para-hydroxylation sites is 1. The first-order valence-corrected chi connectivity index (χ1v) is 12.8. The van der Waals surface area contributed by atoms with E-state index in [4.69, 9.17) is 19.9 Å². The van der Waals surface area contributed by atoms with Gasteiger partial charge in [0.25, 0.3) is 11.8 Å². The second-order valence-electron chi connectivity index (χ2n) is 9.62. The molecule has 3 aromatic carbocycles. The normalized spacial score (nSPS) is 13.6. The van der Waals surface area contributed by atoms with Gasteiger partial charge in [-0.25, -0.2) is 0 Å². The second-order valence-corrected chi connectivity index (χ2v) is 9.62. The van der Waals surface area contributed by atoms with Crippen LogP contribution in [0.2, 0.25) is 0 Å². The van der Waals surface area contributed by atoms with Crippen LogP contribution in [0, 0.1) is 0 Å². The maximum atomic E-state index is 14.3. The van der Waals surface area contributed by atoms with Crippen molar-refractivity contribution in [1.29, 1.82) is 0 Å². The van der Waals surface area contributed by atoms with E-state index < -0.39 is 24.2 Å². The number of carbonyl (C=O) groups is 2. The summed E-state index contributed by atoms with van der Waals surface area (Å²) >= 11 is 0. The number of ether oxygens (including phenoxy) is 3. The molecule has 1 heterocycles. The number of halogens is 1. The summed E-state index contributed by atoms with van der Waals surface area (Å²) in [6.07, 6.45) is 1.000. The molecule has 0 fully saturated rings. The molecule has 2 amide bonds. The van der Waals surface area contributed by atoms with Gasteiger partial charge in [0.1, 0.15) is 5.75 Å². The van der Waals surface area contributed by atoms with Crippen LogP contribution in [0.25, 0.3) is 22.0 Å². The number of carbonyl (C=O) groups excluding carboxylic acids is 2. The molecule has 5 N–H and O–H groups in total. The number of primary amides is 1. The number of hydrogen-bond acceptors (Lipinski definition) is 6. The lowest BCUT2D eigenvalue weighted by Crippen LogP contribution is -2.39. The van der Waals surface area contributed by atoms with Crippen molar-refractivity contribution in [2.45, 2.75) is 31.7 Å². The van der Waals surface area contributed by atoms with Crippen LogP contribution < -0.4 is 25.3 Å². The molecular formula is C30H30FN3O6. The maximum absolute atomic E-state index is 14.3. The van der Waals surface area contributed by atoms with Crippen molar-refractivity contribution in [3.8, 4) is 28.4 Å². The Balaban J connectivity index is 1.51. The summed E-state index contributed by atoms with van der Waals surface area (Å²) in [5.74, 6) is -0.903. The van der Waals surface area contributed by atoms with E-state index in [2.05, 4.69) is 10.3 Å². The molecule has 1 aliphatic carbocycles. The van der Waals surface area contributed by atoms with Gasteiger partial charge in [0.15, 0.2) is 11.5 Å². The fourth-order valence-corrected chi connectivity index (χ4v) is 5.16. The molecule has 9 nitrogen and oxygen atoms in total. The van der Waals surface area contributed by atoms with Gasteiger partial charge in [-0.2, -0.15) is 4.39 Å². The molecular weight excluding hydrogens is 517 g/mol. The zero-order valence-corrected chi connectivity index (χ0v) is 22.1. The Morgan fingerprint density at radius 2 is 1.68 bits per heavy atom. The van der Waals surface area contributed by atoms with E-state index in [1.165, 1.54) is 7.11 Å². The van der Waals surface area contributed by atoms with Crippen molar-refractivity contribution in [2.75, 3.05) is 20.8 Å². The number of aromatic amines is 1. The first kappa shape index (κ1) is 27.0. The highest BCUT2D eigenvalue weighted by Crippen LogP contribution is 2.42. The molecule has 5 rings (SSSR count). The number of nitrogens with two attached hydrogens (primary N) is 1. The number of alkyl halides is 1. The molecule has 40 heavy (non-hydrogen) atoms. The molecule has 4 aromatic rings. The molecule has 1 aliphatic rings. The van der Waals surface area contributed by atoms with E-state index >= 15 is 0 Å². The zero-order chi connectivity index (χ0) is 28.4. The Morgan fingerprint density at radius 1 is 1.02 bits per heavy atom. The van der Waals surface area contributed by atoms with Gasteiger partial charge in [0.2, 0.25) is 0 Å². The highest BCUT2D eigenvalue weighted by atomic mass is 19.1. The standard InChI is InChI=1S/C30H30FN3O6/c1-38-26-11-17-8-7-16-10-25(40-28(31)29(32)36)23(12-21(16)22(17)13-27(26)39-2)30(37)34-19(15-35)9-18-14-33-24-6-4-3-5-20(18)24/h3-6,10-14,19,28,33,35H,7-9,15H2,1-2H3,(H2,32,36)(H,34,37)/t19?,28-/m0/s1. The minimum absolute atomic E-state index is 0.00246. The zero-order valence-electron chi connectivity index (χ0n) is 22.1. The number of aliphatic hydroxyl groups excluding tert-OH is 1. The van der Waals surface area contributed by atoms with Crippen LogP contribution in [0.4, 0.5) is 4.39 Å². The van der Waals surface area contributed by atoms with Gasteiger partial charge in [-0.05, 0) is 77.4 Å². The van der Waals surface area contributed by atoms with E-state index in [-0.39, 0.29) is 17.9 Å². The molecule has 0 radical (unpaired) electrons. The number of aliphatic hydroxyl groups is 1. The molecule has 10 heteroatoms.